The molecule has 51 heavy (non-hydrogen) atoms. The van der Waals surface area contributed by atoms with E-state index in [1.165, 1.54) is 0 Å². The molecule has 2 amide bonds. The van der Waals surface area contributed by atoms with Gasteiger partial charge in [0.05, 0.1) is 72.5 Å². The summed E-state index contributed by atoms with van der Waals surface area (Å²) in [6.07, 6.45) is -0.841. The summed E-state index contributed by atoms with van der Waals surface area (Å²) >= 11 is 0. The maximum atomic E-state index is 13.1. The summed E-state index contributed by atoms with van der Waals surface area (Å²) in [7, 11) is 0. The molecular weight excluding hydrogens is 664 g/mol. The molecule has 2 aromatic rings. The van der Waals surface area contributed by atoms with Crippen LogP contribution < -0.4 is 10.6 Å². The molecule has 0 heterocycles. The number of amides is 2. The van der Waals surface area contributed by atoms with Gasteiger partial charge in [-0.15, -0.1) is 0 Å². The maximum Gasteiger partial charge on any atom is 0.407 e. The van der Waals surface area contributed by atoms with Crippen molar-refractivity contribution in [3.63, 3.8) is 0 Å². The van der Waals surface area contributed by atoms with Crippen LogP contribution in [0, 0.1) is 0 Å². The number of carbonyl (C=O) groups is 4. The first-order valence-electron chi connectivity index (χ1n) is 17.3. The fourth-order valence-electron chi connectivity index (χ4n) is 5.22. The Labute approximate surface area is 299 Å². The van der Waals surface area contributed by atoms with E-state index in [0.29, 0.717) is 52.9 Å². The first-order chi connectivity index (χ1) is 24.5. The number of ether oxygens (including phenoxy) is 7. The molecule has 2 aromatic carbocycles. The van der Waals surface area contributed by atoms with Crippen LogP contribution in [0.25, 0.3) is 11.1 Å². The Morgan fingerprint density at radius 1 is 0.706 bits per heavy atom. The van der Waals surface area contributed by atoms with E-state index in [0.717, 1.165) is 22.3 Å². The molecule has 0 aromatic heterocycles. The van der Waals surface area contributed by atoms with Crippen LogP contribution in [0.2, 0.25) is 0 Å². The van der Waals surface area contributed by atoms with E-state index >= 15 is 0 Å². The number of fused-ring (bicyclic) bond motifs is 3. The van der Waals surface area contributed by atoms with Crippen molar-refractivity contribution in [2.24, 2.45) is 0 Å². The third kappa shape index (κ3) is 16.2. The minimum atomic E-state index is -1.03. The minimum absolute atomic E-state index is 0.0247. The molecule has 0 aliphatic heterocycles. The molecule has 0 saturated carbocycles. The van der Waals surface area contributed by atoms with Crippen LogP contribution in [0.4, 0.5) is 4.79 Å². The second kappa shape index (κ2) is 22.7. The quantitative estimate of drug-likeness (QED) is 0.101. The number of carboxylic acids is 1. The van der Waals surface area contributed by atoms with Crippen LogP contribution in [0.5, 0.6) is 0 Å². The number of carbonyl (C=O) groups excluding carboxylic acids is 3. The lowest BCUT2D eigenvalue weighted by Gasteiger charge is -2.22. The van der Waals surface area contributed by atoms with Crippen molar-refractivity contribution in [1.82, 2.24) is 10.6 Å². The number of benzene rings is 2. The SMILES string of the molecule is CC(C)(C)OC(=O)CCC(NC(=O)OCC1c2ccccc2-c2ccccc21)C(=O)NCCOCCOCCOCCOCCOCCC(=O)O. The van der Waals surface area contributed by atoms with Gasteiger partial charge in [0.2, 0.25) is 5.91 Å². The van der Waals surface area contributed by atoms with Crippen molar-refractivity contribution >= 4 is 23.9 Å². The fourth-order valence-corrected chi connectivity index (χ4v) is 5.22. The molecule has 282 valence electrons. The molecule has 1 unspecified atom stereocenters. The van der Waals surface area contributed by atoms with Gasteiger partial charge < -0.3 is 48.9 Å². The van der Waals surface area contributed by atoms with Gasteiger partial charge in [-0.3, -0.25) is 14.4 Å². The number of esters is 1. The van der Waals surface area contributed by atoms with Gasteiger partial charge in [-0.1, -0.05) is 48.5 Å². The highest BCUT2D eigenvalue weighted by Gasteiger charge is 2.30. The number of alkyl carbamates (subject to hydrolysis) is 1. The lowest BCUT2D eigenvalue weighted by atomic mass is 9.98. The summed E-state index contributed by atoms with van der Waals surface area (Å²) < 4.78 is 37.9. The Morgan fingerprint density at radius 3 is 1.71 bits per heavy atom. The summed E-state index contributed by atoms with van der Waals surface area (Å²) in [5, 5.41) is 13.9. The molecule has 1 atom stereocenters. The fraction of sp³-hybridized carbons (Fsp3) is 0.568. The van der Waals surface area contributed by atoms with Gasteiger partial charge in [0.25, 0.3) is 0 Å². The van der Waals surface area contributed by atoms with E-state index in [-0.39, 0.29) is 51.5 Å². The van der Waals surface area contributed by atoms with Gasteiger partial charge >= 0.3 is 18.0 Å². The Balaban J connectivity index is 1.32. The number of nitrogens with one attached hydrogen (secondary N) is 2. The van der Waals surface area contributed by atoms with Crippen molar-refractivity contribution in [3.8, 4) is 11.1 Å². The highest BCUT2D eigenvalue weighted by molar-refractivity contribution is 5.86. The van der Waals surface area contributed by atoms with E-state index in [4.69, 9.17) is 38.3 Å². The summed E-state index contributed by atoms with van der Waals surface area (Å²) in [5.74, 6) is -1.99. The molecule has 1 aliphatic rings. The standard InChI is InChI=1S/C37H52N2O12/c1-37(2,3)51-34(42)13-12-32(39-36(44)50-26-31-29-10-6-4-8-27(29)28-9-5-7-11-30(28)31)35(43)38-15-17-46-19-21-48-23-25-49-24-22-47-20-18-45-16-14-33(40)41/h4-11,31-32H,12-26H2,1-3H3,(H,38,43)(H,39,44)(H,40,41). The second-order valence-electron chi connectivity index (χ2n) is 12.6. The number of hydrogen-bond donors (Lipinski definition) is 3. The minimum Gasteiger partial charge on any atom is -0.481 e. The van der Waals surface area contributed by atoms with Gasteiger partial charge in [-0.25, -0.2) is 4.79 Å². The lowest BCUT2D eigenvalue weighted by molar-refractivity contribution is -0.155. The van der Waals surface area contributed by atoms with Gasteiger partial charge in [-0.2, -0.15) is 0 Å². The average Bonchev–Trinajstić information content (AvgIpc) is 3.41. The van der Waals surface area contributed by atoms with Crippen molar-refractivity contribution in [2.75, 3.05) is 79.2 Å². The zero-order chi connectivity index (χ0) is 36.9. The first kappa shape index (κ1) is 41.3. The Kier molecular flexibility index (Phi) is 18.4. The number of carboxylic acid groups (broad SMARTS) is 1. The Morgan fingerprint density at radius 2 is 1.20 bits per heavy atom. The molecule has 0 saturated heterocycles. The van der Waals surface area contributed by atoms with Gasteiger partial charge in [0.15, 0.2) is 0 Å². The van der Waals surface area contributed by atoms with Gasteiger partial charge in [-0.05, 0) is 49.4 Å². The molecule has 14 heteroatoms. The molecule has 0 radical (unpaired) electrons. The zero-order valence-corrected chi connectivity index (χ0v) is 29.8. The third-order valence-corrected chi connectivity index (χ3v) is 7.50. The van der Waals surface area contributed by atoms with Crippen molar-refractivity contribution < 1.29 is 57.4 Å². The lowest BCUT2D eigenvalue weighted by Crippen LogP contribution is -2.48. The van der Waals surface area contributed by atoms with Gasteiger partial charge in [0, 0.05) is 18.9 Å². The number of rotatable bonds is 25. The molecule has 0 spiro atoms. The summed E-state index contributed by atoms with van der Waals surface area (Å²) in [4.78, 5) is 48.8. The number of hydrogen-bond acceptors (Lipinski definition) is 11. The second-order valence-corrected chi connectivity index (χ2v) is 12.6. The van der Waals surface area contributed by atoms with Crippen molar-refractivity contribution in [1.29, 1.82) is 0 Å². The van der Waals surface area contributed by atoms with E-state index < -0.39 is 35.6 Å². The van der Waals surface area contributed by atoms with Crippen LogP contribution in [0.1, 0.15) is 57.1 Å². The zero-order valence-electron chi connectivity index (χ0n) is 29.8. The summed E-state index contributed by atoms with van der Waals surface area (Å²) in [6.45, 7) is 8.79. The molecule has 14 nitrogen and oxygen atoms in total. The van der Waals surface area contributed by atoms with E-state index in [1.807, 2.05) is 48.5 Å². The molecular formula is C37H52N2O12. The topological polar surface area (TPSA) is 177 Å². The average molecular weight is 717 g/mol. The van der Waals surface area contributed by atoms with Crippen LogP contribution in [0.3, 0.4) is 0 Å². The third-order valence-electron chi connectivity index (χ3n) is 7.50. The molecule has 3 N–H and O–H groups in total. The predicted molar refractivity (Wildman–Crippen MR) is 186 cm³/mol. The maximum absolute atomic E-state index is 13.1. The van der Waals surface area contributed by atoms with Crippen molar-refractivity contribution in [2.45, 2.75) is 57.6 Å². The molecule has 3 rings (SSSR count). The highest BCUT2D eigenvalue weighted by Crippen LogP contribution is 2.44. The Bertz CT molecular complexity index is 1330. The molecule has 0 bridgehead atoms. The number of aliphatic carboxylic acids is 1. The predicted octanol–water partition coefficient (Wildman–Crippen LogP) is 3.69. The molecule has 1 aliphatic carbocycles. The summed E-state index contributed by atoms with van der Waals surface area (Å²) in [5.41, 5.74) is 3.67. The van der Waals surface area contributed by atoms with Crippen molar-refractivity contribution in [3.05, 3.63) is 59.7 Å². The van der Waals surface area contributed by atoms with E-state index in [1.54, 1.807) is 20.8 Å². The van der Waals surface area contributed by atoms with Crippen LogP contribution >= 0.6 is 0 Å². The first-order valence-corrected chi connectivity index (χ1v) is 17.3. The van der Waals surface area contributed by atoms with Gasteiger partial charge in [0.1, 0.15) is 18.2 Å². The highest BCUT2D eigenvalue weighted by atomic mass is 16.6. The van der Waals surface area contributed by atoms with E-state index in [9.17, 15) is 19.2 Å². The van der Waals surface area contributed by atoms with Crippen LogP contribution in [0.15, 0.2) is 48.5 Å². The monoisotopic (exact) mass is 716 g/mol. The normalized spacial score (nSPS) is 12.8. The Hall–Kier alpha value is -4.08. The van der Waals surface area contributed by atoms with Crippen LogP contribution in [-0.2, 0) is 47.5 Å². The largest absolute Gasteiger partial charge is 0.481 e. The summed E-state index contributed by atoms with van der Waals surface area (Å²) in [6, 6.07) is 15.0. The van der Waals surface area contributed by atoms with Crippen LogP contribution in [-0.4, -0.2) is 120 Å². The van der Waals surface area contributed by atoms with E-state index in [2.05, 4.69) is 10.6 Å². The molecule has 0 fully saturated rings. The smallest absolute Gasteiger partial charge is 0.407 e.